The van der Waals surface area contributed by atoms with Gasteiger partial charge in [-0.15, -0.1) is 0 Å². The van der Waals surface area contributed by atoms with Crippen LogP contribution in [0.4, 0.5) is 5.69 Å². The van der Waals surface area contributed by atoms with Crippen LogP contribution in [0.15, 0.2) is 67.0 Å². The summed E-state index contributed by atoms with van der Waals surface area (Å²) in [5.74, 6) is 0. The zero-order chi connectivity index (χ0) is 21.2. The molecule has 1 aliphatic heterocycles. The zero-order valence-electron chi connectivity index (χ0n) is 17.1. The van der Waals surface area contributed by atoms with Crippen molar-refractivity contribution in [3.05, 3.63) is 72.6 Å². The molecule has 6 heteroatoms. The van der Waals surface area contributed by atoms with E-state index in [-0.39, 0.29) is 6.04 Å². The first kappa shape index (κ1) is 19.2. The smallest absolute Gasteiger partial charge is 0.0991 e. The third-order valence-corrected chi connectivity index (χ3v) is 5.71. The van der Waals surface area contributed by atoms with Crippen LogP contribution < -0.4 is 10.6 Å². The Bertz CT molecular complexity index is 1260. The molecule has 31 heavy (non-hydrogen) atoms. The summed E-state index contributed by atoms with van der Waals surface area (Å²) in [6.07, 6.45) is 5.68. The average Bonchev–Trinajstić information content (AvgIpc) is 2.83. The molecular weight excluding hydrogens is 384 g/mol. The second-order valence-electron chi connectivity index (χ2n) is 7.87. The Morgan fingerprint density at radius 2 is 1.61 bits per heavy atom. The highest BCUT2D eigenvalue weighted by molar-refractivity contribution is 5.87. The van der Waals surface area contributed by atoms with E-state index in [4.69, 9.17) is 21.0 Å². The van der Waals surface area contributed by atoms with Crippen molar-refractivity contribution in [3.8, 4) is 28.6 Å². The number of piperidine rings is 1. The third kappa shape index (κ3) is 3.83. The molecule has 1 atom stereocenters. The van der Waals surface area contributed by atoms with Crippen LogP contribution in [-0.2, 0) is 0 Å². The van der Waals surface area contributed by atoms with Crippen LogP contribution >= 0.6 is 0 Å². The SMILES string of the molecule is N#Cc1ccc(-c2nc3cc(N4CCC[C@H](N)C4)ccc3nc2-c2ccncc2)cc1. The topological polar surface area (TPSA) is 91.7 Å². The molecule has 2 aromatic carbocycles. The van der Waals surface area contributed by atoms with E-state index >= 15 is 0 Å². The summed E-state index contributed by atoms with van der Waals surface area (Å²) >= 11 is 0. The Kier molecular flexibility index (Phi) is 5.03. The zero-order valence-corrected chi connectivity index (χ0v) is 17.1. The number of hydrogen-bond donors (Lipinski definition) is 1. The van der Waals surface area contributed by atoms with Gasteiger partial charge in [0.15, 0.2) is 0 Å². The van der Waals surface area contributed by atoms with Crippen LogP contribution in [0.1, 0.15) is 18.4 Å². The summed E-state index contributed by atoms with van der Waals surface area (Å²) in [7, 11) is 0. The number of rotatable bonds is 3. The van der Waals surface area contributed by atoms with Crippen molar-refractivity contribution >= 4 is 16.7 Å². The second-order valence-corrected chi connectivity index (χ2v) is 7.87. The highest BCUT2D eigenvalue weighted by atomic mass is 15.1. The van der Waals surface area contributed by atoms with Crippen molar-refractivity contribution in [1.82, 2.24) is 15.0 Å². The molecule has 2 aromatic heterocycles. The summed E-state index contributed by atoms with van der Waals surface area (Å²) in [6.45, 7) is 1.86. The summed E-state index contributed by atoms with van der Waals surface area (Å²) in [4.78, 5) is 16.4. The minimum atomic E-state index is 0.207. The van der Waals surface area contributed by atoms with E-state index in [1.54, 1.807) is 12.4 Å². The first-order valence-corrected chi connectivity index (χ1v) is 10.4. The van der Waals surface area contributed by atoms with E-state index in [0.29, 0.717) is 5.56 Å². The maximum absolute atomic E-state index is 9.15. The number of fused-ring (bicyclic) bond motifs is 1. The molecular formula is C25H22N6. The van der Waals surface area contributed by atoms with E-state index in [9.17, 15) is 0 Å². The van der Waals surface area contributed by atoms with Crippen LogP contribution in [-0.4, -0.2) is 34.1 Å². The van der Waals surface area contributed by atoms with Crippen LogP contribution in [0.3, 0.4) is 0 Å². The van der Waals surface area contributed by atoms with Gasteiger partial charge in [0, 0.05) is 48.3 Å². The molecule has 0 unspecified atom stereocenters. The molecule has 1 fully saturated rings. The Balaban J connectivity index is 1.66. The molecule has 6 nitrogen and oxygen atoms in total. The van der Waals surface area contributed by atoms with Gasteiger partial charge in [0.25, 0.3) is 0 Å². The van der Waals surface area contributed by atoms with Crippen LogP contribution in [0.2, 0.25) is 0 Å². The summed E-state index contributed by atoms with van der Waals surface area (Å²) < 4.78 is 0. The monoisotopic (exact) mass is 406 g/mol. The number of nitrogens with zero attached hydrogens (tertiary/aromatic N) is 5. The Hall–Kier alpha value is -3.82. The Morgan fingerprint density at radius 3 is 2.32 bits per heavy atom. The molecule has 4 aromatic rings. The molecule has 0 radical (unpaired) electrons. The number of benzene rings is 2. The molecule has 0 bridgehead atoms. The fourth-order valence-electron chi connectivity index (χ4n) is 4.10. The molecule has 0 spiro atoms. The Morgan fingerprint density at radius 1 is 0.903 bits per heavy atom. The third-order valence-electron chi connectivity index (χ3n) is 5.71. The molecule has 0 saturated carbocycles. The predicted molar refractivity (Wildman–Crippen MR) is 122 cm³/mol. The van der Waals surface area contributed by atoms with Gasteiger partial charge in [0.2, 0.25) is 0 Å². The first-order valence-electron chi connectivity index (χ1n) is 10.4. The molecule has 1 saturated heterocycles. The number of hydrogen-bond acceptors (Lipinski definition) is 6. The fraction of sp³-hybridized carbons (Fsp3) is 0.200. The van der Waals surface area contributed by atoms with E-state index in [1.807, 2.05) is 42.5 Å². The van der Waals surface area contributed by atoms with Gasteiger partial charge >= 0.3 is 0 Å². The van der Waals surface area contributed by atoms with E-state index in [1.165, 1.54) is 0 Å². The maximum atomic E-state index is 9.15. The van der Waals surface area contributed by atoms with Crippen LogP contribution in [0.25, 0.3) is 33.5 Å². The first-order chi connectivity index (χ1) is 15.2. The lowest BCUT2D eigenvalue weighted by Crippen LogP contribution is -2.42. The molecule has 152 valence electrons. The van der Waals surface area contributed by atoms with E-state index in [0.717, 1.165) is 65.2 Å². The summed E-state index contributed by atoms with van der Waals surface area (Å²) in [5, 5.41) is 9.15. The fourth-order valence-corrected chi connectivity index (χ4v) is 4.10. The molecule has 0 aliphatic carbocycles. The average molecular weight is 406 g/mol. The van der Waals surface area contributed by atoms with Crippen LogP contribution in [0, 0.1) is 11.3 Å². The lowest BCUT2D eigenvalue weighted by molar-refractivity contribution is 0.506. The van der Waals surface area contributed by atoms with Crippen molar-refractivity contribution < 1.29 is 0 Å². The lowest BCUT2D eigenvalue weighted by Gasteiger charge is -2.32. The highest BCUT2D eigenvalue weighted by Gasteiger charge is 2.19. The lowest BCUT2D eigenvalue weighted by atomic mass is 10.0. The molecule has 0 amide bonds. The van der Waals surface area contributed by atoms with Gasteiger partial charge in [-0.2, -0.15) is 5.26 Å². The highest BCUT2D eigenvalue weighted by Crippen LogP contribution is 2.32. The quantitative estimate of drug-likeness (QED) is 0.549. The van der Waals surface area contributed by atoms with E-state index in [2.05, 4.69) is 28.1 Å². The number of nitrogens with two attached hydrogens (primary N) is 1. The molecule has 5 rings (SSSR count). The minimum absolute atomic E-state index is 0.207. The van der Waals surface area contributed by atoms with Gasteiger partial charge in [-0.3, -0.25) is 4.98 Å². The van der Waals surface area contributed by atoms with Crippen molar-refractivity contribution in [2.24, 2.45) is 5.73 Å². The van der Waals surface area contributed by atoms with Gasteiger partial charge in [0.05, 0.1) is 34.1 Å². The van der Waals surface area contributed by atoms with Gasteiger partial charge in [-0.05, 0) is 55.3 Å². The molecule has 3 heterocycles. The molecule has 1 aliphatic rings. The largest absolute Gasteiger partial charge is 0.370 e. The van der Waals surface area contributed by atoms with Gasteiger partial charge in [-0.25, -0.2) is 9.97 Å². The van der Waals surface area contributed by atoms with Crippen molar-refractivity contribution in [2.45, 2.75) is 18.9 Å². The van der Waals surface area contributed by atoms with E-state index < -0.39 is 0 Å². The number of anilines is 1. The number of aromatic nitrogens is 3. The van der Waals surface area contributed by atoms with Crippen molar-refractivity contribution in [2.75, 3.05) is 18.0 Å². The minimum Gasteiger partial charge on any atom is -0.370 e. The van der Waals surface area contributed by atoms with Crippen molar-refractivity contribution in [3.63, 3.8) is 0 Å². The standard InChI is InChI=1S/C25H22N6/c26-15-17-3-5-18(6-4-17)24-25(19-9-11-28-12-10-19)29-22-8-7-21(14-23(22)30-24)31-13-1-2-20(27)16-31/h3-12,14,20H,1-2,13,16,27H2/t20-/m0/s1. The van der Waals surface area contributed by atoms with Crippen LogP contribution in [0.5, 0.6) is 0 Å². The second kappa shape index (κ2) is 8.13. The Labute approximate surface area is 181 Å². The van der Waals surface area contributed by atoms with Gasteiger partial charge in [0.1, 0.15) is 0 Å². The normalized spacial score (nSPS) is 16.3. The number of nitriles is 1. The number of pyridine rings is 1. The predicted octanol–water partition coefficient (Wildman–Crippen LogP) is 4.16. The van der Waals surface area contributed by atoms with Crippen molar-refractivity contribution in [1.29, 1.82) is 5.26 Å². The molecule has 2 N–H and O–H groups in total. The summed E-state index contributed by atoms with van der Waals surface area (Å²) in [5.41, 5.74) is 13.1. The summed E-state index contributed by atoms with van der Waals surface area (Å²) in [6, 6.07) is 20.0. The maximum Gasteiger partial charge on any atom is 0.0991 e. The van der Waals surface area contributed by atoms with Gasteiger partial charge in [-0.1, -0.05) is 12.1 Å². The van der Waals surface area contributed by atoms with Gasteiger partial charge < -0.3 is 10.6 Å².